The monoisotopic (exact) mass is 469 g/mol. The number of hydrogen-bond acceptors (Lipinski definition) is 4. The standard InChI is InChI=1S/C27H39NO4Si/c1-7-14-25(29)24(21-32-33(5,6)27(2,3)4)28(19-22-15-10-8-11-16-22)26(30)31-20-23-17-12-9-13-18-23/h7-13,15-18,24-25,29H,1,14,19-21H2,2-6H3/t24-,25+/m0/s1. The second-order valence-electron chi connectivity index (χ2n) is 9.88. The van der Waals surface area contributed by atoms with Gasteiger partial charge in [-0.25, -0.2) is 4.79 Å². The van der Waals surface area contributed by atoms with E-state index < -0.39 is 26.6 Å². The summed E-state index contributed by atoms with van der Waals surface area (Å²) in [4.78, 5) is 14.9. The first-order chi connectivity index (χ1) is 15.5. The van der Waals surface area contributed by atoms with Crippen molar-refractivity contribution in [2.45, 2.75) is 70.6 Å². The van der Waals surface area contributed by atoms with E-state index in [9.17, 15) is 9.90 Å². The van der Waals surface area contributed by atoms with Crippen molar-refractivity contribution < 1.29 is 19.1 Å². The van der Waals surface area contributed by atoms with Crippen LogP contribution in [-0.4, -0.2) is 43.2 Å². The lowest BCUT2D eigenvalue weighted by molar-refractivity contribution is 0.00738. The van der Waals surface area contributed by atoms with Crippen LogP contribution in [0.5, 0.6) is 0 Å². The first-order valence-electron chi connectivity index (χ1n) is 11.5. The molecule has 2 aromatic carbocycles. The van der Waals surface area contributed by atoms with E-state index in [4.69, 9.17) is 9.16 Å². The van der Waals surface area contributed by atoms with Gasteiger partial charge >= 0.3 is 6.09 Å². The number of carbonyl (C=O) groups excluding carboxylic acids is 1. The molecule has 1 amide bonds. The van der Waals surface area contributed by atoms with Gasteiger partial charge in [0.05, 0.1) is 18.8 Å². The van der Waals surface area contributed by atoms with Gasteiger partial charge in [0.1, 0.15) is 6.61 Å². The minimum absolute atomic E-state index is 0.0129. The Hall–Kier alpha value is -2.41. The second kappa shape index (κ2) is 12.2. The van der Waals surface area contributed by atoms with Crippen molar-refractivity contribution in [3.8, 4) is 0 Å². The Bertz CT molecular complexity index is 865. The largest absolute Gasteiger partial charge is 0.445 e. The molecule has 6 heteroatoms. The fourth-order valence-electron chi connectivity index (χ4n) is 3.15. The molecule has 0 aliphatic carbocycles. The summed E-state index contributed by atoms with van der Waals surface area (Å²) in [6.45, 7) is 15.3. The topological polar surface area (TPSA) is 59.0 Å². The minimum Gasteiger partial charge on any atom is -0.445 e. The third kappa shape index (κ3) is 8.14. The highest BCUT2D eigenvalue weighted by Gasteiger charge is 2.39. The predicted octanol–water partition coefficient (Wildman–Crippen LogP) is 6.15. The highest BCUT2D eigenvalue weighted by Crippen LogP contribution is 2.37. The number of benzene rings is 2. The molecule has 1 N–H and O–H groups in total. The highest BCUT2D eigenvalue weighted by molar-refractivity contribution is 6.74. The summed E-state index contributed by atoms with van der Waals surface area (Å²) in [5.41, 5.74) is 1.86. The molecule has 5 nitrogen and oxygen atoms in total. The SMILES string of the molecule is C=CC[C@@H](O)[C@H](CO[Si](C)(C)C(C)(C)C)N(Cc1ccccc1)C(=O)OCc1ccccc1. The first-order valence-corrected chi connectivity index (χ1v) is 14.4. The minimum atomic E-state index is -2.10. The van der Waals surface area contributed by atoms with Gasteiger partial charge in [0.25, 0.3) is 0 Å². The Balaban J connectivity index is 2.29. The Kier molecular flexibility index (Phi) is 9.89. The van der Waals surface area contributed by atoms with Crippen molar-refractivity contribution in [3.63, 3.8) is 0 Å². The number of ether oxygens (including phenoxy) is 1. The van der Waals surface area contributed by atoms with E-state index >= 15 is 0 Å². The van der Waals surface area contributed by atoms with Gasteiger partial charge in [0.15, 0.2) is 8.32 Å². The Morgan fingerprint density at radius 1 is 1.06 bits per heavy atom. The molecule has 0 spiro atoms. The van der Waals surface area contributed by atoms with Gasteiger partial charge in [-0.15, -0.1) is 6.58 Å². The molecule has 2 atom stereocenters. The molecule has 2 aromatic rings. The summed E-state index contributed by atoms with van der Waals surface area (Å²) < 4.78 is 12.1. The van der Waals surface area contributed by atoms with Gasteiger partial charge in [-0.3, -0.25) is 4.90 Å². The lowest BCUT2D eigenvalue weighted by Crippen LogP contribution is -2.52. The molecule has 2 rings (SSSR count). The summed E-state index contributed by atoms with van der Waals surface area (Å²) >= 11 is 0. The summed E-state index contributed by atoms with van der Waals surface area (Å²) in [5, 5.41) is 11.0. The van der Waals surface area contributed by atoms with E-state index in [1.807, 2.05) is 60.7 Å². The number of nitrogens with zero attached hydrogens (tertiary/aromatic N) is 1. The van der Waals surface area contributed by atoms with Crippen LogP contribution in [0.4, 0.5) is 4.79 Å². The zero-order valence-corrected chi connectivity index (χ0v) is 21.7. The summed E-state index contributed by atoms with van der Waals surface area (Å²) in [6.07, 6.45) is 0.720. The number of rotatable bonds is 11. The number of hydrogen-bond donors (Lipinski definition) is 1. The molecule has 0 aliphatic heterocycles. The van der Waals surface area contributed by atoms with E-state index in [-0.39, 0.29) is 18.3 Å². The molecule has 33 heavy (non-hydrogen) atoms. The van der Waals surface area contributed by atoms with Gasteiger partial charge in [0.2, 0.25) is 0 Å². The van der Waals surface area contributed by atoms with E-state index in [0.717, 1.165) is 11.1 Å². The van der Waals surface area contributed by atoms with Crippen LogP contribution in [0, 0.1) is 0 Å². The summed E-state index contributed by atoms with van der Waals surface area (Å²) in [6, 6.07) is 18.7. The third-order valence-corrected chi connectivity index (χ3v) is 10.8. The van der Waals surface area contributed by atoms with Crippen LogP contribution in [-0.2, 0) is 22.3 Å². The Morgan fingerprint density at radius 2 is 1.61 bits per heavy atom. The Labute approximate surface area is 200 Å². The fourth-order valence-corrected chi connectivity index (χ4v) is 4.17. The predicted molar refractivity (Wildman–Crippen MR) is 136 cm³/mol. The van der Waals surface area contributed by atoms with Crippen molar-refractivity contribution in [1.82, 2.24) is 4.90 Å². The summed E-state index contributed by atoms with van der Waals surface area (Å²) in [5.74, 6) is 0. The molecular formula is C27H39NO4Si. The average Bonchev–Trinajstić information content (AvgIpc) is 2.77. The number of aliphatic hydroxyl groups is 1. The molecule has 0 aromatic heterocycles. The van der Waals surface area contributed by atoms with Crippen molar-refractivity contribution in [2.75, 3.05) is 6.61 Å². The van der Waals surface area contributed by atoms with Gasteiger partial charge in [0, 0.05) is 6.54 Å². The van der Waals surface area contributed by atoms with Crippen LogP contribution in [0.1, 0.15) is 38.3 Å². The first kappa shape index (κ1) is 26.8. The molecule has 0 saturated heterocycles. The van der Waals surface area contributed by atoms with E-state index in [0.29, 0.717) is 13.0 Å². The summed E-state index contributed by atoms with van der Waals surface area (Å²) in [7, 11) is -2.10. The van der Waals surface area contributed by atoms with Crippen LogP contribution < -0.4 is 0 Å². The quantitative estimate of drug-likeness (QED) is 0.317. The third-order valence-electron chi connectivity index (χ3n) is 6.31. The zero-order chi connectivity index (χ0) is 24.5. The molecule has 0 bridgehead atoms. The van der Waals surface area contributed by atoms with Gasteiger partial charge in [-0.2, -0.15) is 0 Å². The van der Waals surface area contributed by atoms with Crippen LogP contribution in [0.2, 0.25) is 18.1 Å². The molecule has 0 saturated carbocycles. The average molecular weight is 470 g/mol. The number of carbonyl (C=O) groups is 1. The Morgan fingerprint density at radius 3 is 2.12 bits per heavy atom. The molecular weight excluding hydrogens is 430 g/mol. The normalized spacial score (nSPS) is 13.8. The van der Waals surface area contributed by atoms with Crippen LogP contribution in [0.25, 0.3) is 0 Å². The van der Waals surface area contributed by atoms with Crippen molar-refractivity contribution in [1.29, 1.82) is 0 Å². The maximum absolute atomic E-state index is 13.3. The lowest BCUT2D eigenvalue weighted by atomic mass is 10.1. The van der Waals surface area contributed by atoms with Crippen LogP contribution in [0.15, 0.2) is 73.3 Å². The smallest absolute Gasteiger partial charge is 0.410 e. The lowest BCUT2D eigenvalue weighted by Gasteiger charge is -2.40. The van der Waals surface area contributed by atoms with Crippen molar-refractivity contribution in [3.05, 3.63) is 84.4 Å². The number of aliphatic hydroxyl groups excluding tert-OH is 1. The maximum atomic E-state index is 13.3. The second-order valence-corrected chi connectivity index (χ2v) is 14.7. The molecule has 0 fully saturated rings. The highest BCUT2D eigenvalue weighted by atomic mass is 28.4. The van der Waals surface area contributed by atoms with Gasteiger partial charge in [-0.1, -0.05) is 87.5 Å². The molecule has 0 unspecified atom stereocenters. The van der Waals surface area contributed by atoms with E-state index in [1.54, 1.807) is 11.0 Å². The van der Waals surface area contributed by atoms with E-state index in [1.165, 1.54) is 0 Å². The number of amides is 1. The zero-order valence-electron chi connectivity index (χ0n) is 20.7. The van der Waals surface area contributed by atoms with Crippen LogP contribution >= 0.6 is 0 Å². The van der Waals surface area contributed by atoms with Gasteiger partial charge in [-0.05, 0) is 35.7 Å². The maximum Gasteiger partial charge on any atom is 0.410 e. The van der Waals surface area contributed by atoms with Crippen molar-refractivity contribution >= 4 is 14.4 Å². The molecule has 0 aliphatic rings. The van der Waals surface area contributed by atoms with Gasteiger partial charge < -0.3 is 14.3 Å². The van der Waals surface area contributed by atoms with Crippen molar-refractivity contribution in [2.24, 2.45) is 0 Å². The van der Waals surface area contributed by atoms with E-state index in [2.05, 4.69) is 40.4 Å². The fraction of sp³-hybridized carbons (Fsp3) is 0.444. The van der Waals surface area contributed by atoms with Crippen LogP contribution in [0.3, 0.4) is 0 Å². The molecule has 0 radical (unpaired) electrons. The molecule has 0 heterocycles. The molecule has 180 valence electrons.